The van der Waals surface area contributed by atoms with E-state index in [2.05, 4.69) is 63.0 Å². The first-order chi connectivity index (χ1) is 16.2. The molecule has 4 aromatic rings. The summed E-state index contributed by atoms with van der Waals surface area (Å²) in [4.78, 5) is 13.8. The van der Waals surface area contributed by atoms with Crippen LogP contribution in [0.1, 0.15) is 24.3 Å². The Morgan fingerprint density at radius 1 is 1.06 bits per heavy atom. The van der Waals surface area contributed by atoms with Crippen LogP contribution in [0, 0.1) is 0 Å². The van der Waals surface area contributed by atoms with E-state index in [9.17, 15) is 0 Å². The van der Waals surface area contributed by atoms with Gasteiger partial charge >= 0.3 is 0 Å². The van der Waals surface area contributed by atoms with Crippen LogP contribution in [0.15, 0.2) is 79.6 Å². The van der Waals surface area contributed by atoms with E-state index in [1.807, 2.05) is 47.3 Å². The monoisotopic (exact) mass is 438 g/mol. The summed E-state index contributed by atoms with van der Waals surface area (Å²) < 4.78 is 1.91. The molecule has 0 spiro atoms. The summed E-state index contributed by atoms with van der Waals surface area (Å²) in [7, 11) is 0. The molecule has 1 atom stereocenters. The first-order valence-corrected chi connectivity index (χ1v) is 10.9. The van der Waals surface area contributed by atoms with Gasteiger partial charge in [0.15, 0.2) is 11.6 Å². The number of para-hydroxylation sites is 1. The first-order valence-electron chi connectivity index (χ1n) is 10.9. The van der Waals surface area contributed by atoms with Gasteiger partial charge in [0.05, 0.1) is 6.20 Å². The fourth-order valence-corrected chi connectivity index (χ4v) is 4.12. The minimum Gasteiger partial charge on any atom is -0.382 e. The van der Waals surface area contributed by atoms with Crippen molar-refractivity contribution in [3.8, 4) is 0 Å². The third-order valence-electron chi connectivity index (χ3n) is 5.68. The fourth-order valence-electron chi connectivity index (χ4n) is 4.12. The van der Waals surface area contributed by atoms with Gasteiger partial charge in [0.2, 0.25) is 12.2 Å². The van der Waals surface area contributed by atoms with Gasteiger partial charge in [-0.2, -0.15) is 15.1 Å². The van der Waals surface area contributed by atoms with Crippen molar-refractivity contribution in [2.75, 3.05) is 27.4 Å². The summed E-state index contributed by atoms with van der Waals surface area (Å²) in [6, 6.07) is 20.2. The summed E-state index contributed by atoms with van der Waals surface area (Å²) in [6.45, 7) is 7.28. The van der Waals surface area contributed by atoms with E-state index in [0.717, 1.165) is 28.3 Å². The van der Waals surface area contributed by atoms with Crippen LogP contribution >= 0.6 is 0 Å². The van der Waals surface area contributed by atoms with Crippen molar-refractivity contribution in [2.24, 2.45) is 0 Å². The van der Waals surface area contributed by atoms with Crippen LogP contribution in [-0.4, -0.2) is 26.3 Å². The molecular formula is C25H26N8. The Labute approximate surface area is 193 Å². The van der Waals surface area contributed by atoms with E-state index in [4.69, 9.17) is 10.7 Å². The molecule has 3 heterocycles. The van der Waals surface area contributed by atoms with Gasteiger partial charge in [0.1, 0.15) is 5.69 Å². The Morgan fingerprint density at radius 2 is 1.79 bits per heavy atom. The maximum atomic E-state index is 6.55. The SMILES string of the molecule is C=Cc1cnn(C2N(CC)c3nc(NCc4ccccc4)nc(N)c3N2c2ccccc2)c1. The standard InChI is InChI=1S/C25H26N8/c1-3-18-16-28-32(17-18)25-31(4-2)23-21(33(25)20-13-9-6-10-14-20)22(26)29-24(30-23)27-15-19-11-7-5-8-12-19/h3,5-14,16-17,25H,1,4,15H2,2H3,(H3,26,27,29,30). The molecule has 2 aromatic heterocycles. The van der Waals surface area contributed by atoms with Crippen LogP contribution in [-0.2, 0) is 6.54 Å². The molecule has 0 saturated heterocycles. The molecule has 5 rings (SSSR count). The fraction of sp³-hybridized carbons (Fsp3) is 0.160. The zero-order valence-electron chi connectivity index (χ0n) is 18.5. The molecule has 8 nitrogen and oxygen atoms in total. The van der Waals surface area contributed by atoms with Crippen LogP contribution in [0.3, 0.4) is 0 Å². The van der Waals surface area contributed by atoms with Gasteiger partial charge in [0, 0.05) is 30.5 Å². The average Bonchev–Trinajstić information content (AvgIpc) is 3.46. The number of benzene rings is 2. The van der Waals surface area contributed by atoms with Gasteiger partial charge in [-0.15, -0.1) is 0 Å². The number of nitrogen functional groups attached to an aromatic ring is 1. The number of anilines is 5. The van der Waals surface area contributed by atoms with E-state index in [-0.39, 0.29) is 6.29 Å². The zero-order chi connectivity index (χ0) is 22.8. The van der Waals surface area contributed by atoms with Crippen LogP contribution in [0.5, 0.6) is 0 Å². The highest BCUT2D eigenvalue weighted by atomic mass is 15.6. The lowest BCUT2D eigenvalue weighted by Crippen LogP contribution is -2.38. The Hall–Kier alpha value is -4.33. The second-order valence-electron chi connectivity index (χ2n) is 7.74. The van der Waals surface area contributed by atoms with Gasteiger partial charge in [-0.1, -0.05) is 61.2 Å². The second kappa shape index (κ2) is 8.66. The lowest BCUT2D eigenvalue weighted by Gasteiger charge is -2.32. The molecule has 0 saturated carbocycles. The van der Waals surface area contributed by atoms with Gasteiger partial charge < -0.3 is 16.0 Å². The molecule has 166 valence electrons. The molecule has 1 unspecified atom stereocenters. The summed E-state index contributed by atoms with van der Waals surface area (Å²) in [5, 5.41) is 7.93. The lowest BCUT2D eigenvalue weighted by molar-refractivity contribution is 0.456. The summed E-state index contributed by atoms with van der Waals surface area (Å²) in [6.07, 6.45) is 5.28. The molecule has 0 aliphatic carbocycles. The molecule has 33 heavy (non-hydrogen) atoms. The predicted molar refractivity (Wildman–Crippen MR) is 133 cm³/mol. The van der Waals surface area contributed by atoms with Crippen molar-refractivity contribution in [3.63, 3.8) is 0 Å². The Bertz CT molecular complexity index is 1250. The Kier molecular flexibility index (Phi) is 5.40. The molecule has 3 N–H and O–H groups in total. The zero-order valence-corrected chi connectivity index (χ0v) is 18.5. The third-order valence-corrected chi connectivity index (χ3v) is 5.68. The van der Waals surface area contributed by atoms with Crippen molar-refractivity contribution >= 4 is 35.0 Å². The van der Waals surface area contributed by atoms with E-state index < -0.39 is 0 Å². The normalized spacial score (nSPS) is 14.9. The molecule has 0 amide bonds. The van der Waals surface area contributed by atoms with Crippen molar-refractivity contribution < 1.29 is 0 Å². The average molecular weight is 439 g/mol. The van der Waals surface area contributed by atoms with Gasteiger partial charge in [-0.25, -0.2) is 4.68 Å². The summed E-state index contributed by atoms with van der Waals surface area (Å²) >= 11 is 0. The molecule has 2 aromatic carbocycles. The highest BCUT2D eigenvalue weighted by molar-refractivity contribution is 5.88. The first kappa shape index (κ1) is 20.6. The number of rotatable bonds is 7. The van der Waals surface area contributed by atoms with Crippen molar-refractivity contribution in [1.82, 2.24) is 19.7 Å². The molecule has 1 aliphatic rings. The third kappa shape index (κ3) is 3.76. The number of nitrogens with one attached hydrogen (secondary N) is 1. The number of nitrogens with zero attached hydrogens (tertiary/aromatic N) is 6. The number of nitrogens with two attached hydrogens (primary N) is 1. The lowest BCUT2D eigenvalue weighted by atomic mass is 10.2. The topological polar surface area (TPSA) is 88.1 Å². The quantitative estimate of drug-likeness (QED) is 0.434. The second-order valence-corrected chi connectivity index (χ2v) is 7.74. The molecule has 0 fully saturated rings. The molecular weight excluding hydrogens is 412 g/mol. The van der Waals surface area contributed by atoms with Gasteiger partial charge in [-0.05, 0) is 24.6 Å². The Balaban J connectivity index is 1.59. The van der Waals surface area contributed by atoms with Crippen LogP contribution in [0.4, 0.5) is 29.0 Å². The van der Waals surface area contributed by atoms with E-state index in [0.29, 0.717) is 24.9 Å². The Morgan fingerprint density at radius 3 is 2.45 bits per heavy atom. The van der Waals surface area contributed by atoms with Crippen molar-refractivity contribution in [3.05, 3.63) is 90.8 Å². The molecule has 8 heteroatoms. The van der Waals surface area contributed by atoms with Crippen LogP contribution in [0.25, 0.3) is 6.08 Å². The van der Waals surface area contributed by atoms with E-state index >= 15 is 0 Å². The minimum absolute atomic E-state index is 0.276. The smallest absolute Gasteiger partial charge is 0.227 e. The van der Waals surface area contributed by atoms with E-state index in [1.54, 1.807) is 12.3 Å². The maximum Gasteiger partial charge on any atom is 0.227 e. The molecule has 0 bridgehead atoms. The van der Waals surface area contributed by atoms with Gasteiger partial charge in [-0.3, -0.25) is 4.90 Å². The highest BCUT2D eigenvalue weighted by Gasteiger charge is 2.41. The summed E-state index contributed by atoms with van der Waals surface area (Å²) in [5.41, 5.74) is 10.4. The van der Waals surface area contributed by atoms with Crippen molar-refractivity contribution in [1.29, 1.82) is 0 Å². The number of hydrogen-bond donors (Lipinski definition) is 2. The van der Waals surface area contributed by atoms with E-state index in [1.165, 1.54) is 0 Å². The summed E-state index contributed by atoms with van der Waals surface area (Å²) in [5.74, 6) is 1.68. The largest absolute Gasteiger partial charge is 0.382 e. The molecule has 0 radical (unpaired) electrons. The van der Waals surface area contributed by atoms with Crippen LogP contribution in [0.2, 0.25) is 0 Å². The van der Waals surface area contributed by atoms with Gasteiger partial charge in [0.25, 0.3) is 0 Å². The number of aromatic nitrogens is 4. The number of fused-ring (bicyclic) bond motifs is 1. The van der Waals surface area contributed by atoms with Crippen molar-refractivity contribution in [2.45, 2.75) is 19.8 Å². The number of hydrogen-bond acceptors (Lipinski definition) is 7. The maximum absolute atomic E-state index is 6.55. The minimum atomic E-state index is -0.276. The van der Waals surface area contributed by atoms with Crippen LogP contribution < -0.4 is 20.9 Å². The predicted octanol–water partition coefficient (Wildman–Crippen LogP) is 4.64. The highest BCUT2D eigenvalue weighted by Crippen LogP contribution is 2.49. The molecule has 1 aliphatic heterocycles.